The molecule has 0 aromatic rings. The van der Waals surface area contributed by atoms with E-state index in [0.717, 1.165) is 18.4 Å². The molecule has 9 rings (SSSR count). The summed E-state index contributed by atoms with van der Waals surface area (Å²) in [6.07, 6.45) is -37.1. The molecule has 3 saturated carbocycles. The Morgan fingerprint density at radius 3 is 1.61 bits per heavy atom. The summed E-state index contributed by atoms with van der Waals surface area (Å²) >= 11 is 0. The van der Waals surface area contributed by atoms with Crippen molar-refractivity contribution in [2.24, 2.45) is 40.4 Å². The van der Waals surface area contributed by atoms with Gasteiger partial charge in [0.15, 0.2) is 31.5 Å². The highest BCUT2D eigenvalue weighted by Gasteiger charge is 2.66. The maximum absolute atomic E-state index is 12.5. The summed E-state index contributed by atoms with van der Waals surface area (Å²) in [5.41, 5.74) is -1.32. The highest BCUT2D eigenvalue weighted by molar-refractivity contribution is 7.80. The van der Waals surface area contributed by atoms with E-state index in [1.54, 1.807) is 0 Å². The minimum Gasteiger partial charge on any atom is -0.393 e. The van der Waals surface area contributed by atoms with Crippen LogP contribution in [0, 0.1) is 40.4 Å². The van der Waals surface area contributed by atoms with Crippen LogP contribution in [0.2, 0.25) is 0 Å². The molecule has 0 bridgehead atoms. The Labute approximate surface area is 496 Å². The molecule has 5 heterocycles. The lowest BCUT2D eigenvalue weighted by Crippen LogP contribution is -2.68. The predicted octanol–water partition coefficient (Wildman–Crippen LogP) is -1.47. The maximum Gasteiger partial charge on any atom is 0.397 e. The average Bonchev–Trinajstić information content (AvgIpc) is 1.74. The van der Waals surface area contributed by atoms with Crippen LogP contribution < -0.4 is 0 Å². The number of aliphatic hydroxyl groups excluding tert-OH is 12. The smallest absolute Gasteiger partial charge is 0.393 e. The third-order valence-electron chi connectivity index (χ3n) is 20.8. The summed E-state index contributed by atoms with van der Waals surface area (Å²) < 4.78 is 101. The van der Waals surface area contributed by atoms with Crippen molar-refractivity contribution in [3.05, 3.63) is 11.6 Å². The summed E-state index contributed by atoms with van der Waals surface area (Å²) in [5.74, 6) is -0.937. The van der Waals surface area contributed by atoms with Gasteiger partial charge in [-0.1, -0.05) is 52.2 Å². The van der Waals surface area contributed by atoms with E-state index in [4.69, 9.17) is 51.6 Å². The number of fused-ring (bicyclic) bond motifs is 5. The fourth-order valence-corrected chi connectivity index (χ4v) is 16.6. The molecule has 4 aliphatic carbocycles. The van der Waals surface area contributed by atoms with Crippen LogP contribution in [-0.4, -0.2) is 257 Å². The number of hydrogen-bond donors (Lipinski definition) is 14. The highest BCUT2D eigenvalue weighted by atomic mass is 32.3. The summed E-state index contributed by atoms with van der Waals surface area (Å²) in [7, 11) is -4.88. The molecule has 5 saturated heterocycles. The molecule has 35 atom stereocenters. The molecule has 5 aliphatic heterocycles. The number of ether oxygens (including phenoxy) is 10. The summed E-state index contributed by atoms with van der Waals surface area (Å²) in [6, 6.07) is 0. The Kier molecular flexibility index (Phi) is 20.8. The Hall–Kier alpha value is -1.31. The zero-order valence-electron chi connectivity index (χ0n) is 50.0. The van der Waals surface area contributed by atoms with Gasteiger partial charge in [0.2, 0.25) is 0 Å². The molecule has 0 spiro atoms. The highest BCUT2D eigenvalue weighted by Crippen LogP contribution is 2.67. The third kappa shape index (κ3) is 13.4. The average molecular weight is 1250 g/mol. The number of allylic oxidation sites excluding steroid dienone is 2. The second kappa shape index (κ2) is 26.0. The Morgan fingerprint density at radius 2 is 1.06 bits per heavy atom. The summed E-state index contributed by atoms with van der Waals surface area (Å²) in [5, 5.41) is 148. The van der Waals surface area contributed by atoms with Crippen molar-refractivity contribution in [2.75, 3.05) is 0 Å². The standard InChI is InChI=1S/C57H96O27S/c1-21(2)12-11-15-57(10,70)49-32(58)20-30-28-19-33(31-18-27(84-85(71,72)73)13-16-55(31,8)29(28)14-17-56(30,49)9)79-52-44(69)46(37(62)25(6)76-52)81-54-48(83-51-42(67)39(64)35(60)23(4)75-51)43(68)45(26(7)78-54)80-53-47(40(65)36(61)24(5)77-53)82-50-41(66)38(63)34(59)22(3)74-50/h14,21-28,30-54,58-70H,11-13,15-20H2,1-10H3,(H,71,72,73)/t22-,23-,24-,25-,26-,27+,28-,30+,31-,32+,33+,34+,35-,36-,37-,38+,39+,40+,41-,42-,43+,44-,45-,46+,47-,48-,49+,50+,51+,52+,53+,54+,55-,56+,57-/m1/s1. The van der Waals surface area contributed by atoms with Gasteiger partial charge >= 0.3 is 10.4 Å². The summed E-state index contributed by atoms with van der Waals surface area (Å²) in [6.45, 7) is 17.4. The first-order valence-electron chi connectivity index (χ1n) is 30.4. The first-order valence-corrected chi connectivity index (χ1v) is 31.7. The number of aliphatic hydroxyl groups is 13. The van der Waals surface area contributed by atoms with Crippen LogP contribution in [0.5, 0.6) is 0 Å². The van der Waals surface area contributed by atoms with E-state index in [-0.39, 0.29) is 31.1 Å². The number of rotatable bonds is 17. The van der Waals surface area contributed by atoms with Crippen LogP contribution in [-0.2, 0) is 62.0 Å². The van der Waals surface area contributed by atoms with E-state index in [9.17, 15) is 79.4 Å². The van der Waals surface area contributed by atoms with Gasteiger partial charge in [-0.15, -0.1) is 0 Å². The molecule has 0 aromatic carbocycles. The minimum atomic E-state index is -4.88. The quantitative estimate of drug-likeness (QED) is 0.0584. The molecular formula is C57H96O27S. The lowest BCUT2D eigenvalue weighted by molar-refractivity contribution is -0.406. The van der Waals surface area contributed by atoms with E-state index >= 15 is 0 Å². The van der Waals surface area contributed by atoms with Crippen molar-refractivity contribution >= 4 is 10.4 Å². The van der Waals surface area contributed by atoms with Crippen molar-refractivity contribution in [1.82, 2.24) is 0 Å². The second-order valence-corrected chi connectivity index (χ2v) is 28.3. The van der Waals surface area contributed by atoms with Crippen molar-refractivity contribution in [3.8, 4) is 0 Å². The molecule has 9 aliphatic rings. The second-order valence-electron chi connectivity index (χ2n) is 27.2. The Balaban J connectivity index is 0.995. The van der Waals surface area contributed by atoms with Gasteiger partial charge in [0.25, 0.3) is 0 Å². The van der Waals surface area contributed by atoms with Crippen molar-refractivity contribution < 1.29 is 131 Å². The fraction of sp³-hybridized carbons (Fsp3) is 0.965. The SMILES string of the molecule is CC(C)CCC[C@@](C)(O)[C@H]1[C@@H](O)C[C@H]2[C@@H]3C[C@H](O[C@@H]4O[C@H](C)[C@@H](O)[C@H](O[C@@H]5O[C@H](C)[C@@H](O[C@@H]6O[C@H](C)[C@@H](O)[C@H](O)[C@H]6O[C@@H]6O[C@H](C)[C@H](O)[C@H](O)[C@H]6O)[C@H](O)[C@H]5O[C@@H]5O[C@H](C)[C@@H](O)[C@H](O)[C@H]5O)[C@H]4O)[C@H]4C[C@@H](OS(=O)(=O)O)CC[C@]4(C)C3=CC[C@@]21C. The van der Waals surface area contributed by atoms with Crippen molar-refractivity contribution in [2.45, 2.75) is 304 Å². The van der Waals surface area contributed by atoms with Crippen LogP contribution in [0.4, 0.5) is 0 Å². The van der Waals surface area contributed by atoms with Gasteiger partial charge in [-0.3, -0.25) is 4.55 Å². The van der Waals surface area contributed by atoms with E-state index in [2.05, 4.69) is 33.8 Å². The van der Waals surface area contributed by atoms with Crippen LogP contribution in [0.15, 0.2) is 11.6 Å². The van der Waals surface area contributed by atoms with Crippen LogP contribution in [0.25, 0.3) is 0 Å². The van der Waals surface area contributed by atoms with Gasteiger partial charge < -0.3 is 114 Å². The van der Waals surface area contributed by atoms with Crippen LogP contribution in [0.1, 0.15) is 127 Å². The lowest BCUT2D eigenvalue weighted by Gasteiger charge is -2.60. The molecule has 0 aromatic heterocycles. The minimum absolute atomic E-state index is 0.0943. The Bertz CT molecular complexity index is 2390. The van der Waals surface area contributed by atoms with Gasteiger partial charge in [-0.25, -0.2) is 4.18 Å². The Morgan fingerprint density at radius 1 is 0.576 bits per heavy atom. The fourth-order valence-electron chi connectivity index (χ4n) is 16.1. The first-order chi connectivity index (χ1) is 39.6. The third-order valence-corrected chi connectivity index (χ3v) is 21.3. The number of hydrogen-bond acceptors (Lipinski definition) is 26. The van der Waals surface area contributed by atoms with Crippen LogP contribution in [0.3, 0.4) is 0 Å². The van der Waals surface area contributed by atoms with Gasteiger partial charge in [-0.2, -0.15) is 8.42 Å². The van der Waals surface area contributed by atoms with E-state index < -0.39 is 211 Å². The molecule has 0 radical (unpaired) electrons. The van der Waals surface area contributed by atoms with Gasteiger partial charge in [0, 0.05) is 5.92 Å². The molecule has 85 heavy (non-hydrogen) atoms. The monoisotopic (exact) mass is 1240 g/mol. The van der Waals surface area contributed by atoms with Gasteiger partial charge in [0.1, 0.15) is 91.6 Å². The normalized spacial score (nSPS) is 53.1. The van der Waals surface area contributed by atoms with E-state index in [0.29, 0.717) is 31.6 Å². The van der Waals surface area contributed by atoms with Crippen molar-refractivity contribution in [3.63, 3.8) is 0 Å². The van der Waals surface area contributed by atoms with Crippen LogP contribution >= 0.6 is 0 Å². The zero-order valence-corrected chi connectivity index (χ0v) is 50.8. The summed E-state index contributed by atoms with van der Waals surface area (Å²) in [4.78, 5) is 0. The maximum atomic E-state index is 12.5. The van der Waals surface area contributed by atoms with E-state index in [1.165, 1.54) is 34.6 Å². The molecule has 27 nitrogen and oxygen atoms in total. The molecule has 0 unspecified atom stereocenters. The molecule has 8 fully saturated rings. The van der Waals surface area contributed by atoms with Crippen molar-refractivity contribution in [1.29, 1.82) is 0 Å². The zero-order chi connectivity index (χ0) is 62.5. The molecule has 28 heteroatoms. The molecule has 14 N–H and O–H groups in total. The van der Waals surface area contributed by atoms with Gasteiger partial charge in [0.05, 0.1) is 54.4 Å². The first kappa shape index (κ1) is 68.1. The molecule has 0 amide bonds. The van der Waals surface area contributed by atoms with E-state index in [1.807, 2.05) is 6.92 Å². The topological polar surface area (TPSA) is 419 Å². The molecular weight excluding hydrogens is 1150 g/mol. The predicted molar refractivity (Wildman–Crippen MR) is 290 cm³/mol. The largest absolute Gasteiger partial charge is 0.397 e. The van der Waals surface area contributed by atoms with Gasteiger partial charge in [-0.05, 0) is 121 Å². The molecule has 492 valence electrons. The lowest BCUT2D eigenvalue weighted by atomic mass is 9.47.